The van der Waals surface area contributed by atoms with E-state index in [9.17, 15) is 9.59 Å². The number of methoxy groups -OCH3 is 1. The van der Waals surface area contributed by atoms with Gasteiger partial charge in [0.15, 0.2) is 11.5 Å². The third-order valence-corrected chi connectivity index (χ3v) is 3.40. The summed E-state index contributed by atoms with van der Waals surface area (Å²) in [6, 6.07) is 5.07. The second-order valence-corrected chi connectivity index (χ2v) is 6.16. The minimum absolute atomic E-state index is 0.169. The number of carbonyl (C=O) groups is 2. The highest BCUT2D eigenvalue weighted by Gasteiger charge is 2.09. The molecule has 1 rings (SSSR count). The molecule has 0 aliphatic heterocycles. The molecule has 0 radical (unpaired) electrons. The summed E-state index contributed by atoms with van der Waals surface area (Å²) in [7, 11) is 1.49. The van der Waals surface area contributed by atoms with Crippen molar-refractivity contribution >= 4 is 11.9 Å². The topological polar surface area (TPSA) is 61.8 Å². The molecule has 1 aromatic carbocycles. The van der Waals surface area contributed by atoms with E-state index >= 15 is 0 Å². The van der Waals surface area contributed by atoms with Crippen LogP contribution in [0.25, 0.3) is 0 Å². The predicted molar refractivity (Wildman–Crippen MR) is 96.5 cm³/mol. The van der Waals surface area contributed by atoms with Crippen LogP contribution >= 0.6 is 0 Å². The average Bonchev–Trinajstić information content (AvgIpc) is 2.56. The molecule has 5 heteroatoms. The molecular formula is C20H28O5. The number of hydrogen-bond donors (Lipinski definition) is 0. The first-order valence-corrected chi connectivity index (χ1v) is 8.60. The van der Waals surface area contributed by atoms with Crippen LogP contribution in [0.2, 0.25) is 0 Å². The van der Waals surface area contributed by atoms with Gasteiger partial charge in [0.25, 0.3) is 0 Å². The number of esters is 2. The van der Waals surface area contributed by atoms with Gasteiger partial charge in [-0.1, -0.05) is 32.1 Å². The van der Waals surface area contributed by atoms with Crippen molar-refractivity contribution < 1.29 is 23.8 Å². The maximum absolute atomic E-state index is 11.8. The Labute approximate surface area is 150 Å². The number of ether oxygens (including phenoxy) is 3. The lowest BCUT2D eigenvalue weighted by molar-refractivity contribution is -0.145. The van der Waals surface area contributed by atoms with Gasteiger partial charge in [-0.3, -0.25) is 9.59 Å². The lowest BCUT2D eigenvalue weighted by Crippen LogP contribution is -2.06. The first-order valence-electron chi connectivity index (χ1n) is 8.60. The van der Waals surface area contributed by atoms with Crippen molar-refractivity contribution in [1.82, 2.24) is 0 Å². The van der Waals surface area contributed by atoms with Crippen molar-refractivity contribution in [2.75, 3.05) is 7.11 Å². The van der Waals surface area contributed by atoms with E-state index in [0.29, 0.717) is 23.8 Å². The fourth-order valence-corrected chi connectivity index (χ4v) is 2.18. The minimum atomic E-state index is -0.416. The van der Waals surface area contributed by atoms with Gasteiger partial charge in [-0.15, -0.1) is 0 Å². The second kappa shape index (κ2) is 11.3. The van der Waals surface area contributed by atoms with Gasteiger partial charge in [-0.25, -0.2) is 0 Å². The Hall–Kier alpha value is -2.30. The molecule has 0 bridgehead atoms. The predicted octanol–water partition coefficient (Wildman–Crippen LogP) is 4.44. The number of hydrogen-bond acceptors (Lipinski definition) is 5. The largest absolute Gasteiger partial charge is 0.493 e. The number of rotatable bonds is 10. The monoisotopic (exact) mass is 348 g/mol. The van der Waals surface area contributed by atoms with Crippen molar-refractivity contribution in [3.05, 3.63) is 35.9 Å². The number of allylic oxidation sites excluding steroid dienone is 2. The zero-order valence-corrected chi connectivity index (χ0v) is 15.5. The summed E-state index contributed by atoms with van der Waals surface area (Å²) >= 11 is 0. The quantitative estimate of drug-likeness (QED) is 0.271. The molecule has 0 fully saturated rings. The lowest BCUT2D eigenvalue weighted by atomic mass is 10.1. The van der Waals surface area contributed by atoms with Gasteiger partial charge >= 0.3 is 11.9 Å². The maximum Gasteiger partial charge on any atom is 0.308 e. The molecule has 0 atom stereocenters. The minimum Gasteiger partial charge on any atom is -0.493 e. The first-order chi connectivity index (χ1) is 11.9. The van der Waals surface area contributed by atoms with E-state index in [2.05, 4.69) is 26.0 Å². The van der Waals surface area contributed by atoms with E-state index in [1.54, 1.807) is 18.2 Å². The Bertz CT molecular complexity index is 590. The molecule has 5 nitrogen and oxygen atoms in total. The van der Waals surface area contributed by atoms with Gasteiger partial charge in [0, 0.05) is 13.3 Å². The van der Waals surface area contributed by atoms with Crippen LogP contribution < -0.4 is 9.47 Å². The van der Waals surface area contributed by atoms with Gasteiger partial charge in [-0.05, 0) is 42.9 Å². The highest BCUT2D eigenvalue weighted by Crippen LogP contribution is 2.28. The average molecular weight is 348 g/mol. The Morgan fingerprint density at radius 3 is 2.56 bits per heavy atom. The summed E-state index contributed by atoms with van der Waals surface area (Å²) in [5.74, 6) is 0.714. The van der Waals surface area contributed by atoms with Crippen LogP contribution in [0.3, 0.4) is 0 Å². The summed E-state index contributed by atoms with van der Waals surface area (Å²) in [5.41, 5.74) is 0.779. The van der Waals surface area contributed by atoms with Crippen molar-refractivity contribution in [3.63, 3.8) is 0 Å². The molecule has 0 N–H and O–H groups in total. The molecule has 0 saturated carbocycles. The standard InChI is InChI=1S/C20H28O5/c1-15(2)9-7-5-6-8-10-20(22)24-14-17-11-12-18(25-16(3)21)19(13-17)23-4/h7,9,11-13,15H,5-6,8,10,14H2,1-4H3/b9-7+. The van der Waals surface area contributed by atoms with Crippen LogP contribution in [0.1, 0.15) is 52.0 Å². The molecule has 0 amide bonds. The van der Waals surface area contributed by atoms with E-state index < -0.39 is 5.97 Å². The third kappa shape index (κ3) is 8.94. The van der Waals surface area contributed by atoms with E-state index in [1.807, 2.05) is 0 Å². The number of carbonyl (C=O) groups excluding carboxylic acids is 2. The molecule has 0 saturated heterocycles. The highest BCUT2D eigenvalue weighted by molar-refractivity contribution is 5.70. The maximum atomic E-state index is 11.8. The molecule has 138 valence electrons. The van der Waals surface area contributed by atoms with Crippen molar-refractivity contribution in [2.24, 2.45) is 5.92 Å². The smallest absolute Gasteiger partial charge is 0.308 e. The van der Waals surface area contributed by atoms with Crippen LogP contribution in [0, 0.1) is 5.92 Å². The van der Waals surface area contributed by atoms with Gasteiger partial charge in [-0.2, -0.15) is 0 Å². The van der Waals surface area contributed by atoms with Crippen molar-refractivity contribution in [1.29, 1.82) is 0 Å². The lowest BCUT2D eigenvalue weighted by Gasteiger charge is -2.10. The van der Waals surface area contributed by atoms with Crippen LogP contribution in [0.5, 0.6) is 11.5 Å². The highest BCUT2D eigenvalue weighted by atomic mass is 16.6. The summed E-state index contributed by atoms with van der Waals surface area (Å²) in [5, 5.41) is 0. The molecule has 25 heavy (non-hydrogen) atoms. The Morgan fingerprint density at radius 2 is 1.92 bits per heavy atom. The number of benzene rings is 1. The Balaban J connectivity index is 2.37. The van der Waals surface area contributed by atoms with E-state index in [0.717, 1.165) is 24.8 Å². The molecule has 0 aliphatic rings. The van der Waals surface area contributed by atoms with Crippen molar-refractivity contribution in [3.8, 4) is 11.5 Å². The zero-order valence-electron chi connectivity index (χ0n) is 15.5. The Kier molecular flexibility index (Phi) is 9.37. The van der Waals surface area contributed by atoms with Crippen LogP contribution in [0.15, 0.2) is 30.4 Å². The molecular weight excluding hydrogens is 320 g/mol. The van der Waals surface area contributed by atoms with E-state index in [4.69, 9.17) is 14.2 Å². The molecule has 0 aliphatic carbocycles. The fourth-order valence-electron chi connectivity index (χ4n) is 2.18. The van der Waals surface area contributed by atoms with E-state index in [1.165, 1.54) is 14.0 Å². The molecule has 0 aromatic heterocycles. The molecule has 0 unspecified atom stereocenters. The van der Waals surface area contributed by atoms with Crippen molar-refractivity contribution in [2.45, 2.75) is 53.1 Å². The third-order valence-electron chi connectivity index (χ3n) is 3.40. The van der Waals surface area contributed by atoms with Crippen LogP contribution in [0.4, 0.5) is 0 Å². The summed E-state index contributed by atoms with van der Waals surface area (Å²) in [6.07, 6.45) is 7.52. The van der Waals surface area contributed by atoms with Gasteiger partial charge < -0.3 is 14.2 Å². The molecule has 0 heterocycles. The van der Waals surface area contributed by atoms with Crippen LogP contribution in [-0.4, -0.2) is 19.0 Å². The number of unbranched alkanes of at least 4 members (excludes halogenated alkanes) is 2. The van der Waals surface area contributed by atoms with Gasteiger partial charge in [0.05, 0.1) is 7.11 Å². The van der Waals surface area contributed by atoms with Crippen LogP contribution in [-0.2, 0) is 20.9 Å². The van der Waals surface area contributed by atoms with Gasteiger partial charge in [0.2, 0.25) is 0 Å². The van der Waals surface area contributed by atoms with E-state index in [-0.39, 0.29) is 12.6 Å². The SMILES string of the molecule is COc1cc(COC(=O)CCCC/C=C/C(C)C)ccc1OC(C)=O. The van der Waals surface area contributed by atoms with Gasteiger partial charge in [0.1, 0.15) is 6.61 Å². The fraction of sp³-hybridized carbons (Fsp3) is 0.500. The summed E-state index contributed by atoms with van der Waals surface area (Å²) < 4.78 is 15.5. The zero-order chi connectivity index (χ0) is 18.7. The summed E-state index contributed by atoms with van der Waals surface area (Å²) in [4.78, 5) is 22.8. The molecule has 0 spiro atoms. The first kappa shape index (κ1) is 20.7. The summed E-state index contributed by atoms with van der Waals surface area (Å²) in [6.45, 7) is 5.78. The second-order valence-electron chi connectivity index (χ2n) is 6.16. The molecule has 1 aromatic rings. The Morgan fingerprint density at radius 1 is 1.16 bits per heavy atom. The normalized spacial score (nSPS) is 10.9.